The number of aromatic nitrogens is 1. The predicted molar refractivity (Wildman–Crippen MR) is 58.7 cm³/mol. The van der Waals surface area contributed by atoms with Crippen LogP contribution in [0, 0.1) is 5.82 Å². The van der Waals surface area contributed by atoms with Crippen LogP contribution in [0.25, 0.3) is 10.9 Å². The van der Waals surface area contributed by atoms with E-state index in [0.717, 1.165) is 11.1 Å². The van der Waals surface area contributed by atoms with Crippen molar-refractivity contribution in [3.05, 3.63) is 34.2 Å². The molecule has 0 aliphatic rings. The van der Waals surface area contributed by atoms with Crippen LogP contribution in [0.1, 0.15) is 5.56 Å². The van der Waals surface area contributed by atoms with Crippen molar-refractivity contribution in [2.24, 2.45) is 5.73 Å². The van der Waals surface area contributed by atoms with Crippen LogP contribution in [0.15, 0.2) is 22.8 Å². The van der Waals surface area contributed by atoms with Gasteiger partial charge in [0.05, 0.1) is 4.47 Å². The van der Waals surface area contributed by atoms with Gasteiger partial charge in [-0.25, -0.2) is 4.39 Å². The van der Waals surface area contributed by atoms with E-state index in [1.165, 1.54) is 0 Å². The van der Waals surface area contributed by atoms with Crippen LogP contribution in [-0.4, -0.2) is 11.5 Å². The van der Waals surface area contributed by atoms with E-state index in [2.05, 4.69) is 20.9 Å². The van der Waals surface area contributed by atoms with Crippen molar-refractivity contribution in [2.75, 3.05) is 6.54 Å². The van der Waals surface area contributed by atoms with Crippen LogP contribution in [0.3, 0.4) is 0 Å². The van der Waals surface area contributed by atoms with Gasteiger partial charge in [0.15, 0.2) is 0 Å². The van der Waals surface area contributed by atoms with Crippen molar-refractivity contribution in [1.29, 1.82) is 0 Å². The van der Waals surface area contributed by atoms with Gasteiger partial charge in [0.25, 0.3) is 0 Å². The molecule has 0 spiro atoms. The minimum Gasteiger partial charge on any atom is -0.361 e. The molecule has 1 heterocycles. The second kappa shape index (κ2) is 3.71. The summed E-state index contributed by atoms with van der Waals surface area (Å²) in [6, 6.07) is 3.54. The van der Waals surface area contributed by atoms with E-state index >= 15 is 0 Å². The first-order valence-corrected chi connectivity index (χ1v) is 5.17. The topological polar surface area (TPSA) is 41.8 Å². The molecule has 1 aromatic heterocycles. The number of H-pyrrole nitrogens is 1. The average molecular weight is 257 g/mol. The van der Waals surface area contributed by atoms with Gasteiger partial charge in [0.1, 0.15) is 5.82 Å². The van der Waals surface area contributed by atoms with E-state index in [9.17, 15) is 4.39 Å². The number of fused-ring (bicyclic) bond motifs is 1. The van der Waals surface area contributed by atoms with Crippen molar-refractivity contribution >= 4 is 26.8 Å². The molecule has 2 rings (SSSR count). The molecule has 0 bridgehead atoms. The van der Waals surface area contributed by atoms with Crippen LogP contribution < -0.4 is 5.73 Å². The van der Waals surface area contributed by atoms with Gasteiger partial charge >= 0.3 is 0 Å². The maximum absolute atomic E-state index is 13.7. The third-order valence-electron chi connectivity index (χ3n) is 2.23. The molecule has 0 fully saturated rings. The maximum atomic E-state index is 13.7. The Balaban J connectivity index is 2.69. The van der Waals surface area contributed by atoms with Crippen molar-refractivity contribution in [3.63, 3.8) is 0 Å². The molecule has 0 atom stereocenters. The number of nitrogens with two attached hydrogens (primary N) is 1. The number of hydrogen-bond donors (Lipinski definition) is 2. The first-order valence-electron chi connectivity index (χ1n) is 4.38. The minimum atomic E-state index is -0.216. The number of hydrogen-bond acceptors (Lipinski definition) is 1. The molecule has 4 heteroatoms. The molecule has 0 unspecified atom stereocenters. The first-order chi connectivity index (χ1) is 6.74. The van der Waals surface area contributed by atoms with E-state index in [1.807, 2.05) is 12.3 Å². The van der Waals surface area contributed by atoms with Crippen molar-refractivity contribution in [3.8, 4) is 0 Å². The van der Waals surface area contributed by atoms with E-state index in [-0.39, 0.29) is 5.82 Å². The lowest BCUT2D eigenvalue weighted by Crippen LogP contribution is -2.02. The van der Waals surface area contributed by atoms with Crippen LogP contribution in [-0.2, 0) is 6.42 Å². The van der Waals surface area contributed by atoms with Crippen molar-refractivity contribution in [1.82, 2.24) is 4.98 Å². The molecule has 0 aliphatic carbocycles. The summed E-state index contributed by atoms with van der Waals surface area (Å²) in [6.07, 6.45) is 2.50. The fraction of sp³-hybridized carbons (Fsp3) is 0.200. The van der Waals surface area contributed by atoms with Crippen LogP contribution in [0.5, 0.6) is 0 Å². The average Bonchev–Trinajstić information content (AvgIpc) is 2.57. The van der Waals surface area contributed by atoms with Crippen molar-refractivity contribution in [2.45, 2.75) is 6.42 Å². The van der Waals surface area contributed by atoms with E-state index < -0.39 is 0 Å². The van der Waals surface area contributed by atoms with E-state index in [1.54, 1.807) is 6.07 Å². The Hall–Kier alpha value is -0.870. The molecular weight excluding hydrogens is 247 g/mol. The summed E-state index contributed by atoms with van der Waals surface area (Å²) < 4.78 is 14.2. The van der Waals surface area contributed by atoms with E-state index in [4.69, 9.17) is 5.73 Å². The molecule has 0 saturated carbocycles. The molecule has 0 saturated heterocycles. The van der Waals surface area contributed by atoms with Gasteiger partial charge in [-0.1, -0.05) is 0 Å². The quantitative estimate of drug-likeness (QED) is 0.853. The fourth-order valence-corrected chi connectivity index (χ4v) is 1.90. The van der Waals surface area contributed by atoms with Crippen LogP contribution in [0.2, 0.25) is 0 Å². The van der Waals surface area contributed by atoms with Gasteiger partial charge in [0, 0.05) is 17.1 Å². The molecule has 14 heavy (non-hydrogen) atoms. The number of benzene rings is 1. The first kappa shape index (κ1) is 9.68. The van der Waals surface area contributed by atoms with Gasteiger partial charge in [-0.05, 0) is 46.6 Å². The zero-order chi connectivity index (χ0) is 10.1. The number of rotatable bonds is 2. The van der Waals surface area contributed by atoms with E-state index in [0.29, 0.717) is 22.8 Å². The van der Waals surface area contributed by atoms with Gasteiger partial charge in [-0.2, -0.15) is 0 Å². The Morgan fingerprint density at radius 3 is 2.93 bits per heavy atom. The zero-order valence-electron chi connectivity index (χ0n) is 7.48. The smallest absolute Gasteiger partial charge is 0.147 e. The lowest BCUT2D eigenvalue weighted by Gasteiger charge is -1.99. The summed E-state index contributed by atoms with van der Waals surface area (Å²) in [6.45, 7) is 0.527. The largest absolute Gasteiger partial charge is 0.361 e. The van der Waals surface area contributed by atoms with Gasteiger partial charge < -0.3 is 10.7 Å². The second-order valence-corrected chi connectivity index (χ2v) is 3.99. The minimum absolute atomic E-state index is 0.216. The maximum Gasteiger partial charge on any atom is 0.147 e. The summed E-state index contributed by atoms with van der Waals surface area (Å²) in [5.41, 5.74) is 7.20. The Labute approximate surface area is 89.4 Å². The fourth-order valence-electron chi connectivity index (χ4n) is 1.57. The molecule has 2 aromatic rings. The van der Waals surface area contributed by atoms with Crippen molar-refractivity contribution < 1.29 is 4.39 Å². The Kier molecular flexibility index (Phi) is 2.56. The monoisotopic (exact) mass is 256 g/mol. The number of nitrogens with one attached hydrogen (secondary N) is 1. The number of halogens is 2. The molecule has 74 valence electrons. The molecule has 0 radical (unpaired) electrons. The van der Waals surface area contributed by atoms with Crippen LogP contribution in [0.4, 0.5) is 4.39 Å². The zero-order valence-corrected chi connectivity index (χ0v) is 9.07. The Morgan fingerprint density at radius 1 is 1.43 bits per heavy atom. The van der Waals surface area contributed by atoms with Crippen LogP contribution >= 0.6 is 15.9 Å². The third-order valence-corrected chi connectivity index (χ3v) is 2.84. The summed E-state index contributed by atoms with van der Waals surface area (Å²) >= 11 is 3.17. The highest BCUT2D eigenvalue weighted by Crippen LogP contribution is 2.27. The summed E-state index contributed by atoms with van der Waals surface area (Å²) in [5, 5.41) is 0.643. The SMILES string of the molecule is NCCc1c[nH]c2ccc(Br)c(F)c12. The molecule has 0 amide bonds. The predicted octanol–water partition coefficient (Wildman–Crippen LogP) is 2.57. The highest BCUT2D eigenvalue weighted by molar-refractivity contribution is 9.10. The standard InChI is InChI=1S/C10H10BrFN2/c11-7-1-2-8-9(10(7)12)6(3-4-13)5-14-8/h1-2,5,14H,3-4,13H2. The molecule has 3 N–H and O–H groups in total. The molecule has 0 aliphatic heterocycles. The lowest BCUT2D eigenvalue weighted by molar-refractivity contribution is 0.632. The third kappa shape index (κ3) is 1.44. The second-order valence-electron chi connectivity index (χ2n) is 3.14. The summed E-state index contributed by atoms with van der Waals surface area (Å²) in [4.78, 5) is 3.02. The van der Waals surface area contributed by atoms with Gasteiger partial charge in [-0.15, -0.1) is 0 Å². The summed E-state index contributed by atoms with van der Waals surface area (Å²) in [5.74, 6) is -0.216. The van der Waals surface area contributed by atoms with Gasteiger partial charge in [0.2, 0.25) is 0 Å². The number of aromatic amines is 1. The molecule has 1 aromatic carbocycles. The highest BCUT2D eigenvalue weighted by atomic mass is 79.9. The Morgan fingerprint density at radius 2 is 2.21 bits per heavy atom. The molecular formula is C10H10BrFN2. The lowest BCUT2D eigenvalue weighted by atomic mass is 10.1. The summed E-state index contributed by atoms with van der Waals surface area (Å²) in [7, 11) is 0. The highest BCUT2D eigenvalue weighted by Gasteiger charge is 2.10. The normalized spacial score (nSPS) is 11.1. The molecule has 2 nitrogen and oxygen atoms in total. The Bertz CT molecular complexity index is 464. The van der Waals surface area contributed by atoms with Gasteiger partial charge in [-0.3, -0.25) is 0 Å².